The van der Waals surface area contributed by atoms with Gasteiger partial charge in [0.2, 0.25) is 5.91 Å². The van der Waals surface area contributed by atoms with Gasteiger partial charge in [-0.05, 0) is 44.0 Å². The predicted octanol–water partition coefficient (Wildman–Crippen LogP) is 3.97. The van der Waals surface area contributed by atoms with Gasteiger partial charge in [0.25, 0.3) is 5.91 Å². The number of esters is 1. The Morgan fingerprint density at radius 3 is 2.39 bits per heavy atom. The van der Waals surface area contributed by atoms with Gasteiger partial charge in [-0.1, -0.05) is 29.8 Å². The first kappa shape index (κ1) is 23.9. The van der Waals surface area contributed by atoms with E-state index in [1.165, 1.54) is 24.3 Å². The van der Waals surface area contributed by atoms with E-state index in [1.54, 1.807) is 28.5 Å². The lowest BCUT2D eigenvalue weighted by Gasteiger charge is -2.23. The van der Waals surface area contributed by atoms with E-state index in [-0.39, 0.29) is 30.4 Å². The van der Waals surface area contributed by atoms with Crippen molar-refractivity contribution in [2.75, 3.05) is 11.5 Å². The molecule has 2 amide bonds. The Labute approximate surface area is 196 Å². The van der Waals surface area contributed by atoms with Crippen molar-refractivity contribution in [2.24, 2.45) is 5.73 Å². The molecule has 3 rings (SSSR count). The zero-order valence-electron chi connectivity index (χ0n) is 18.9. The number of thiazole rings is 1. The van der Waals surface area contributed by atoms with Gasteiger partial charge in [0.05, 0.1) is 11.4 Å². The van der Waals surface area contributed by atoms with Crippen molar-refractivity contribution < 1.29 is 23.9 Å². The van der Waals surface area contributed by atoms with Gasteiger partial charge in [-0.15, -0.1) is 11.3 Å². The minimum absolute atomic E-state index is 0.0862. The van der Waals surface area contributed by atoms with Gasteiger partial charge in [0, 0.05) is 12.3 Å². The Balaban J connectivity index is 1.77. The maximum absolute atomic E-state index is 12.6. The standard InChI is InChI=1S/C24H25N3O5S/c1-14-9-15(2)22(16(3)10-14)27(17(4)28)24-26-18(13-33-24)11-32-23(30)19-7-5-6-8-20(19)31-12-21(25)29/h5-10,13H,11-12H2,1-4H3,(H2,25,29). The van der Waals surface area contributed by atoms with E-state index in [2.05, 4.69) is 4.98 Å². The molecule has 8 nitrogen and oxygen atoms in total. The maximum atomic E-state index is 12.6. The molecule has 0 radical (unpaired) electrons. The number of para-hydroxylation sites is 1. The lowest BCUT2D eigenvalue weighted by Crippen LogP contribution is -2.24. The summed E-state index contributed by atoms with van der Waals surface area (Å²) in [5.74, 6) is -1.24. The fraction of sp³-hybridized carbons (Fsp3) is 0.250. The number of aryl methyl sites for hydroxylation is 3. The number of amides is 2. The molecule has 1 heterocycles. The molecule has 0 bridgehead atoms. The Kier molecular flexibility index (Phi) is 7.44. The van der Waals surface area contributed by atoms with Crippen LogP contribution in [-0.2, 0) is 20.9 Å². The van der Waals surface area contributed by atoms with Crippen LogP contribution in [0.4, 0.5) is 10.8 Å². The number of carbonyl (C=O) groups is 3. The fourth-order valence-electron chi connectivity index (χ4n) is 3.51. The highest BCUT2D eigenvalue weighted by molar-refractivity contribution is 7.14. The summed E-state index contributed by atoms with van der Waals surface area (Å²) in [5.41, 5.74) is 9.63. The molecule has 9 heteroatoms. The third-order valence-corrected chi connectivity index (χ3v) is 5.61. The summed E-state index contributed by atoms with van der Waals surface area (Å²) in [6.07, 6.45) is 0. The first-order valence-corrected chi connectivity index (χ1v) is 11.1. The third kappa shape index (κ3) is 5.75. The zero-order chi connectivity index (χ0) is 24.1. The number of rotatable bonds is 8. The molecule has 0 aliphatic rings. The lowest BCUT2D eigenvalue weighted by atomic mass is 10.0. The van der Waals surface area contributed by atoms with E-state index in [0.717, 1.165) is 22.4 Å². The van der Waals surface area contributed by atoms with Crippen LogP contribution >= 0.6 is 11.3 Å². The number of aromatic nitrogens is 1. The SMILES string of the molecule is CC(=O)N(c1nc(COC(=O)c2ccccc2OCC(N)=O)cs1)c1c(C)cc(C)cc1C. The summed E-state index contributed by atoms with van der Waals surface area (Å²) in [6.45, 7) is 6.98. The van der Waals surface area contributed by atoms with E-state index in [1.807, 2.05) is 32.9 Å². The maximum Gasteiger partial charge on any atom is 0.342 e. The second kappa shape index (κ2) is 10.3. The van der Waals surface area contributed by atoms with Crippen LogP contribution in [0, 0.1) is 20.8 Å². The highest BCUT2D eigenvalue weighted by atomic mass is 32.1. The summed E-state index contributed by atoms with van der Waals surface area (Å²) in [5, 5.41) is 2.24. The number of ether oxygens (including phenoxy) is 2. The van der Waals surface area contributed by atoms with Crippen molar-refractivity contribution in [1.29, 1.82) is 0 Å². The number of anilines is 2. The Bertz CT molecular complexity index is 1180. The van der Waals surface area contributed by atoms with E-state index in [0.29, 0.717) is 10.8 Å². The van der Waals surface area contributed by atoms with Crippen molar-refractivity contribution >= 4 is 39.9 Å². The van der Waals surface area contributed by atoms with Gasteiger partial charge in [-0.25, -0.2) is 9.78 Å². The number of nitrogens with two attached hydrogens (primary N) is 1. The van der Waals surface area contributed by atoms with Crippen molar-refractivity contribution in [3.05, 3.63) is 69.7 Å². The van der Waals surface area contributed by atoms with Crippen LogP contribution < -0.4 is 15.4 Å². The van der Waals surface area contributed by atoms with Crippen molar-refractivity contribution in [2.45, 2.75) is 34.3 Å². The smallest absolute Gasteiger partial charge is 0.342 e. The molecule has 33 heavy (non-hydrogen) atoms. The molecule has 2 aromatic carbocycles. The van der Waals surface area contributed by atoms with Crippen LogP contribution in [0.15, 0.2) is 41.8 Å². The average molecular weight is 468 g/mol. The van der Waals surface area contributed by atoms with Crippen LogP contribution in [-0.4, -0.2) is 29.4 Å². The summed E-state index contributed by atoms with van der Waals surface area (Å²) in [6, 6.07) is 10.5. The van der Waals surface area contributed by atoms with Gasteiger partial charge in [-0.2, -0.15) is 0 Å². The van der Waals surface area contributed by atoms with Crippen LogP contribution in [0.3, 0.4) is 0 Å². The summed E-state index contributed by atoms with van der Waals surface area (Å²) < 4.78 is 10.7. The minimum atomic E-state index is -0.651. The summed E-state index contributed by atoms with van der Waals surface area (Å²) >= 11 is 1.29. The van der Waals surface area contributed by atoms with Crippen LogP contribution in [0.25, 0.3) is 0 Å². The third-order valence-electron chi connectivity index (χ3n) is 4.73. The Morgan fingerprint density at radius 2 is 1.76 bits per heavy atom. The molecule has 172 valence electrons. The molecule has 1 aromatic heterocycles. The van der Waals surface area contributed by atoms with E-state index in [4.69, 9.17) is 15.2 Å². The normalized spacial score (nSPS) is 10.5. The topological polar surface area (TPSA) is 112 Å². The Morgan fingerprint density at radius 1 is 1.09 bits per heavy atom. The number of hydrogen-bond donors (Lipinski definition) is 1. The zero-order valence-corrected chi connectivity index (χ0v) is 19.7. The van der Waals surface area contributed by atoms with Gasteiger partial charge in [0.15, 0.2) is 11.7 Å². The summed E-state index contributed by atoms with van der Waals surface area (Å²) in [4.78, 5) is 42.1. The van der Waals surface area contributed by atoms with Gasteiger partial charge >= 0.3 is 5.97 Å². The van der Waals surface area contributed by atoms with Crippen molar-refractivity contribution in [3.63, 3.8) is 0 Å². The van der Waals surface area contributed by atoms with Crippen molar-refractivity contribution in [1.82, 2.24) is 4.98 Å². The van der Waals surface area contributed by atoms with Crippen LogP contribution in [0.1, 0.15) is 39.7 Å². The van der Waals surface area contributed by atoms with Crippen LogP contribution in [0.2, 0.25) is 0 Å². The molecular formula is C24H25N3O5S. The molecule has 0 saturated heterocycles. The first-order valence-electron chi connectivity index (χ1n) is 10.2. The van der Waals surface area contributed by atoms with Crippen molar-refractivity contribution in [3.8, 4) is 5.75 Å². The average Bonchev–Trinajstić information content (AvgIpc) is 3.21. The largest absolute Gasteiger partial charge is 0.483 e. The minimum Gasteiger partial charge on any atom is -0.483 e. The molecule has 0 aliphatic heterocycles. The number of hydrogen-bond acceptors (Lipinski definition) is 7. The monoisotopic (exact) mass is 467 g/mol. The predicted molar refractivity (Wildman–Crippen MR) is 126 cm³/mol. The second-order valence-electron chi connectivity index (χ2n) is 7.55. The molecule has 3 aromatic rings. The van der Waals surface area contributed by atoms with E-state index in [9.17, 15) is 14.4 Å². The second-order valence-corrected chi connectivity index (χ2v) is 8.39. The molecule has 0 aliphatic carbocycles. The van der Waals surface area contributed by atoms with E-state index < -0.39 is 11.9 Å². The van der Waals surface area contributed by atoms with Gasteiger partial charge in [0.1, 0.15) is 17.9 Å². The molecule has 0 saturated carbocycles. The Hall–Kier alpha value is -3.72. The molecule has 0 fully saturated rings. The highest BCUT2D eigenvalue weighted by Gasteiger charge is 2.22. The van der Waals surface area contributed by atoms with Crippen LogP contribution in [0.5, 0.6) is 5.75 Å². The van der Waals surface area contributed by atoms with Gasteiger partial charge < -0.3 is 15.2 Å². The lowest BCUT2D eigenvalue weighted by molar-refractivity contribution is -0.120. The van der Waals surface area contributed by atoms with E-state index >= 15 is 0 Å². The quantitative estimate of drug-likeness (QED) is 0.502. The molecule has 0 unspecified atom stereocenters. The molecular weight excluding hydrogens is 442 g/mol. The molecule has 0 atom stereocenters. The number of nitrogens with zero attached hydrogens (tertiary/aromatic N) is 2. The molecule has 0 spiro atoms. The summed E-state index contributed by atoms with van der Waals surface area (Å²) in [7, 11) is 0. The fourth-order valence-corrected chi connectivity index (χ4v) is 4.36. The number of carbonyl (C=O) groups excluding carboxylic acids is 3. The highest BCUT2D eigenvalue weighted by Crippen LogP contribution is 2.34. The number of benzene rings is 2. The van der Waals surface area contributed by atoms with Gasteiger partial charge in [-0.3, -0.25) is 14.5 Å². The first-order chi connectivity index (χ1) is 15.7. The number of primary amides is 1. The molecule has 2 N–H and O–H groups in total.